The van der Waals surface area contributed by atoms with Crippen molar-refractivity contribution >= 4 is 34.8 Å². The summed E-state index contributed by atoms with van der Waals surface area (Å²) in [6.07, 6.45) is 0.785. The first-order valence-corrected chi connectivity index (χ1v) is 9.18. The van der Waals surface area contributed by atoms with Gasteiger partial charge < -0.3 is 24.8 Å². The highest BCUT2D eigenvalue weighted by molar-refractivity contribution is 6.34. The van der Waals surface area contributed by atoms with Gasteiger partial charge in [0.25, 0.3) is 11.8 Å². The summed E-state index contributed by atoms with van der Waals surface area (Å²) in [4.78, 5) is 23.7. The molecule has 0 saturated heterocycles. The Hall–Kier alpha value is -2.93. The summed E-state index contributed by atoms with van der Waals surface area (Å²) in [7, 11) is 0. The molecule has 2 aliphatic heterocycles. The van der Waals surface area contributed by atoms with E-state index < -0.39 is 0 Å². The molecule has 0 radical (unpaired) electrons. The van der Waals surface area contributed by atoms with E-state index in [9.17, 15) is 9.59 Å². The second-order valence-corrected chi connectivity index (χ2v) is 7.69. The van der Waals surface area contributed by atoms with E-state index in [0.29, 0.717) is 28.6 Å². The van der Waals surface area contributed by atoms with Gasteiger partial charge in [0.1, 0.15) is 11.4 Å². The first kappa shape index (κ1) is 18.4. The number of halogens is 1. The maximum Gasteiger partial charge on any atom is 0.262 e. The standard InChI is InChI=1S/C20H19ClN2O5/c1-20(2)8-11-4-3-5-15(19(11)28-20)26-9-17(24)22-13-7-16-14(6-12(13)21)23-18(25)10-27-16/h3-7H,8-10H2,1-2H3,(H,22,24)(H,23,25). The predicted molar refractivity (Wildman–Crippen MR) is 105 cm³/mol. The third-order valence-corrected chi connectivity index (χ3v) is 4.70. The number of carbonyl (C=O) groups is 2. The largest absolute Gasteiger partial charge is 0.483 e. The molecule has 28 heavy (non-hydrogen) atoms. The van der Waals surface area contributed by atoms with E-state index in [4.69, 9.17) is 25.8 Å². The minimum Gasteiger partial charge on any atom is -0.483 e. The van der Waals surface area contributed by atoms with E-state index in [0.717, 1.165) is 12.0 Å². The number of nitrogens with one attached hydrogen (secondary N) is 2. The van der Waals surface area contributed by atoms with Crippen LogP contribution in [-0.2, 0) is 16.0 Å². The van der Waals surface area contributed by atoms with E-state index in [1.807, 2.05) is 26.0 Å². The zero-order valence-electron chi connectivity index (χ0n) is 15.4. The van der Waals surface area contributed by atoms with E-state index in [1.54, 1.807) is 12.1 Å². The van der Waals surface area contributed by atoms with Gasteiger partial charge in [0, 0.05) is 18.1 Å². The van der Waals surface area contributed by atoms with Crippen molar-refractivity contribution in [2.45, 2.75) is 25.9 Å². The average molecular weight is 403 g/mol. The Labute approximate surface area is 166 Å². The summed E-state index contributed by atoms with van der Waals surface area (Å²) < 4.78 is 17.0. The van der Waals surface area contributed by atoms with Gasteiger partial charge in [-0.25, -0.2) is 0 Å². The molecule has 0 aliphatic carbocycles. The molecule has 2 aromatic carbocycles. The van der Waals surface area contributed by atoms with Gasteiger partial charge in [0.05, 0.1) is 16.4 Å². The van der Waals surface area contributed by atoms with Gasteiger partial charge in [-0.15, -0.1) is 0 Å². The number of benzene rings is 2. The molecule has 2 N–H and O–H groups in total. The lowest BCUT2D eigenvalue weighted by Gasteiger charge is -2.20. The third-order valence-electron chi connectivity index (χ3n) is 4.39. The molecule has 0 atom stereocenters. The van der Waals surface area contributed by atoms with Crippen LogP contribution >= 0.6 is 11.6 Å². The fourth-order valence-corrected chi connectivity index (χ4v) is 3.44. The Balaban J connectivity index is 1.43. The van der Waals surface area contributed by atoms with Crippen molar-refractivity contribution in [3.63, 3.8) is 0 Å². The first-order valence-electron chi connectivity index (χ1n) is 8.80. The zero-order valence-corrected chi connectivity index (χ0v) is 16.2. The molecule has 0 aromatic heterocycles. The second-order valence-electron chi connectivity index (χ2n) is 7.28. The maximum atomic E-state index is 12.3. The quantitative estimate of drug-likeness (QED) is 0.818. The highest BCUT2D eigenvalue weighted by Crippen LogP contribution is 2.42. The number of hydrogen-bond donors (Lipinski definition) is 2. The maximum absolute atomic E-state index is 12.3. The predicted octanol–water partition coefficient (Wildman–Crippen LogP) is 3.40. The summed E-state index contributed by atoms with van der Waals surface area (Å²) in [5, 5.41) is 5.64. The molecule has 2 aromatic rings. The Bertz CT molecular complexity index is 973. The van der Waals surface area contributed by atoms with Crippen LogP contribution in [0.2, 0.25) is 5.02 Å². The molecule has 0 bridgehead atoms. The number of anilines is 2. The molecule has 4 rings (SSSR count). The molecule has 0 fully saturated rings. The summed E-state index contributed by atoms with van der Waals surface area (Å²) in [5.41, 5.74) is 1.60. The van der Waals surface area contributed by atoms with Gasteiger partial charge in [-0.1, -0.05) is 23.7 Å². The van der Waals surface area contributed by atoms with Gasteiger partial charge >= 0.3 is 0 Å². The number of fused-ring (bicyclic) bond motifs is 2. The second kappa shape index (κ2) is 6.91. The SMILES string of the molecule is CC1(C)Cc2cccc(OCC(=O)Nc3cc4c(cc3Cl)NC(=O)CO4)c2O1. The van der Waals surface area contributed by atoms with Crippen molar-refractivity contribution in [1.82, 2.24) is 0 Å². The van der Waals surface area contributed by atoms with Crippen LogP contribution in [0.5, 0.6) is 17.2 Å². The monoisotopic (exact) mass is 402 g/mol. The van der Waals surface area contributed by atoms with Gasteiger partial charge in [0.2, 0.25) is 0 Å². The molecule has 0 spiro atoms. The minimum absolute atomic E-state index is 0.0827. The summed E-state index contributed by atoms with van der Waals surface area (Å²) in [6.45, 7) is 3.73. The number of para-hydroxylation sites is 1. The highest BCUT2D eigenvalue weighted by Gasteiger charge is 2.32. The van der Waals surface area contributed by atoms with Crippen LogP contribution in [0.4, 0.5) is 11.4 Å². The van der Waals surface area contributed by atoms with Crippen molar-refractivity contribution in [2.24, 2.45) is 0 Å². The Morgan fingerprint density at radius 2 is 2.18 bits per heavy atom. The van der Waals surface area contributed by atoms with Gasteiger partial charge in [-0.05, 0) is 26.0 Å². The highest BCUT2D eigenvalue weighted by atomic mass is 35.5. The van der Waals surface area contributed by atoms with Crippen LogP contribution in [0.15, 0.2) is 30.3 Å². The van der Waals surface area contributed by atoms with E-state index in [2.05, 4.69) is 10.6 Å². The van der Waals surface area contributed by atoms with Gasteiger partial charge in [-0.3, -0.25) is 9.59 Å². The van der Waals surface area contributed by atoms with Crippen LogP contribution in [-0.4, -0.2) is 30.6 Å². The number of ether oxygens (including phenoxy) is 3. The topological polar surface area (TPSA) is 85.9 Å². The minimum atomic E-state index is -0.378. The number of amides is 2. The lowest BCUT2D eigenvalue weighted by atomic mass is 10.0. The van der Waals surface area contributed by atoms with Gasteiger partial charge in [-0.2, -0.15) is 0 Å². The molecule has 2 aliphatic rings. The Morgan fingerprint density at radius 3 is 3.00 bits per heavy atom. The van der Waals surface area contributed by atoms with Crippen molar-refractivity contribution in [1.29, 1.82) is 0 Å². The lowest BCUT2D eigenvalue weighted by molar-refractivity contribution is -0.119. The average Bonchev–Trinajstić information content (AvgIpc) is 2.95. The fourth-order valence-electron chi connectivity index (χ4n) is 3.23. The van der Waals surface area contributed by atoms with Crippen LogP contribution in [0.1, 0.15) is 19.4 Å². The van der Waals surface area contributed by atoms with E-state index >= 15 is 0 Å². The Kier molecular flexibility index (Phi) is 4.55. The summed E-state index contributed by atoms with van der Waals surface area (Å²) >= 11 is 6.20. The Morgan fingerprint density at radius 1 is 1.36 bits per heavy atom. The number of rotatable bonds is 4. The van der Waals surface area contributed by atoms with Crippen LogP contribution in [0.25, 0.3) is 0 Å². The molecule has 0 saturated carbocycles. The normalized spacial score (nSPS) is 16.2. The van der Waals surface area contributed by atoms with Crippen molar-refractivity contribution < 1.29 is 23.8 Å². The molecule has 2 heterocycles. The van der Waals surface area contributed by atoms with E-state index in [1.165, 1.54) is 6.07 Å². The molecular weight excluding hydrogens is 384 g/mol. The molecule has 0 unspecified atom stereocenters. The number of carbonyl (C=O) groups excluding carboxylic acids is 2. The number of hydrogen-bond acceptors (Lipinski definition) is 5. The lowest BCUT2D eigenvalue weighted by Crippen LogP contribution is -2.26. The van der Waals surface area contributed by atoms with Crippen molar-refractivity contribution in [3.8, 4) is 17.2 Å². The molecular formula is C20H19ClN2O5. The molecule has 8 heteroatoms. The first-order chi connectivity index (χ1) is 13.3. The van der Waals surface area contributed by atoms with Crippen LogP contribution in [0, 0.1) is 0 Å². The molecule has 146 valence electrons. The van der Waals surface area contributed by atoms with E-state index in [-0.39, 0.29) is 35.7 Å². The van der Waals surface area contributed by atoms with Crippen LogP contribution in [0.3, 0.4) is 0 Å². The summed E-state index contributed by atoms with van der Waals surface area (Å²) in [5.74, 6) is 1.01. The van der Waals surface area contributed by atoms with Crippen LogP contribution < -0.4 is 24.8 Å². The van der Waals surface area contributed by atoms with Crippen molar-refractivity contribution in [2.75, 3.05) is 23.8 Å². The third kappa shape index (κ3) is 3.71. The van der Waals surface area contributed by atoms with Gasteiger partial charge in [0.15, 0.2) is 24.7 Å². The van der Waals surface area contributed by atoms with Crippen molar-refractivity contribution in [3.05, 3.63) is 40.9 Å². The molecule has 7 nitrogen and oxygen atoms in total. The zero-order chi connectivity index (χ0) is 19.9. The molecule has 2 amide bonds. The smallest absolute Gasteiger partial charge is 0.262 e. The summed E-state index contributed by atoms with van der Waals surface area (Å²) in [6, 6.07) is 8.74. The fraction of sp³-hybridized carbons (Fsp3) is 0.300.